The van der Waals surface area contributed by atoms with Crippen molar-refractivity contribution in [1.82, 2.24) is 0 Å². The van der Waals surface area contributed by atoms with Gasteiger partial charge < -0.3 is 9.47 Å². The van der Waals surface area contributed by atoms with Crippen molar-refractivity contribution in [3.63, 3.8) is 0 Å². The van der Waals surface area contributed by atoms with Crippen molar-refractivity contribution in [2.24, 2.45) is 0 Å². The molecule has 21 heavy (non-hydrogen) atoms. The lowest BCUT2D eigenvalue weighted by Gasteiger charge is -2.30. The molecule has 0 atom stereocenters. The summed E-state index contributed by atoms with van der Waals surface area (Å²) >= 11 is 0. The van der Waals surface area contributed by atoms with Gasteiger partial charge in [0.25, 0.3) is 0 Å². The monoisotopic (exact) mass is 280 g/mol. The minimum absolute atomic E-state index is 0.203. The largest absolute Gasteiger partial charge is 0.383 e. The number of fused-ring (bicyclic) bond motifs is 1. The second kappa shape index (κ2) is 5.84. The normalized spacial score (nSPS) is 15.1. The van der Waals surface area contributed by atoms with Gasteiger partial charge in [0.1, 0.15) is 0 Å². The van der Waals surface area contributed by atoms with E-state index in [0.717, 1.165) is 0 Å². The first kappa shape index (κ1) is 14.1. The molecule has 0 bridgehead atoms. The summed E-state index contributed by atoms with van der Waals surface area (Å²) in [6, 6.07) is 16.9. The van der Waals surface area contributed by atoms with Gasteiger partial charge in [-0.25, -0.2) is 0 Å². The van der Waals surface area contributed by atoms with Gasteiger partial charge in [0.15, 0.2) is 0 Å². The van der Waals surface area contributed by atoms with E-state index >= 15 is 0 Å². The van der Waals surface area contributed by atoms with Crippen LogP contribution < -0.4 is 0 Å². The molecule has 1 aliphatic rings. The highest BCUT2D eigenvalue weighted by atomic mass is 16.5. The van der Waals surface area contributed by atoms with Gasteiger partial charge in [0.05, 0.1) is 18.6 Å². The van der Waals surface area contributed by atoms with Crippen LogP contribution in [0.2, 0.25) is 0 Å². The molecule has 108 valence electrons. The summed E-state index contributed by atoms with van der Waals surface area (Å²) < 4.78 is 11.0. The first-order chi connectivity index (χ1) is 10.3. The van der Waals surface area contributed by atoms with Crippen LogP contribution in [0.4, 0.5) is 0 Å². The van der Waals surface area contributed by atoms with Crippen LogP contribution in [0.25, 0.3) is 17.2 Å². The Morgan fingerprint density at radius 3 is 2.24 bits per heavy atom. The fourth-order valence-electron chi connectivity index (χ4n) is 3.25. The van der Waals surface area contributed by atoms with Gasteiger partial charge in [-0.3, -0.25) is 0 Å². The number of hydrogen-bond acceptors (Lipinski definition) is 2. The first-order valence-corrected chi connectivity index (χ1v) is 7.17. The number of ether oxygens (including phenoxy) is 2. The molecular weight excluding hydrogens is 260 g/mol. The van der Waals surface area contributed by atoms with E-state index in [1.165, 1.54) is 22.3 Å². The Labute approximate surface area is 126 Å². The molecule has 2 aromatic rings. The van der Waals surface area contributed by atoms with Crippen molar-refractivity contribution in [3.05, 3.63) is 65.7 Å². The molecule has 0 radical (unpaired) electrons. The minimum Gasteiger partial charge on any atom is -0.383 e. The van der Waals surface area contributed by atoms with Crippen molar-refractivity contribution < 1.29 is 9.47 Å². The molecule has 0 saturated heterocycles. The third-order valence-corrected chi connectivity index (χ3v) is 4.07. The Hall–Kier alpha value is -1.90. The lowest BCUT2D eigenvalue weighted by Crippen LogP contribution is -2.33. The van der Waals surface area contributed by atoms with Crippen LogP contribution in [0.3, 0.4) is 0 Å². The van der Waals surface area contributed by atoms with E-state index in [1.54, 1.807) is 14.2 Å². The second-order valence-electron chi connectivity index (χ2n) is 5.49. The molecule has 0 spiro atoms. The molecule has 0 N–H and O–H groups in total. The lowest BCUT2D eigenvalue weighted by atomic mass is 9.79. The highest BCUT2D eigenvalue weighted by Crippen LogP contribution is 2.42. The molecule has 2 aromatic carbocycles. The van der Waals surface area contributed by atoms with Gasteiger partial charge in [-0.15, -0.1) is 0 Å². The van der Waals surface area contributed by atoms with E-state index in [-0.39, 0.29) is 5.41 Å². The fraction of sp³-hybridized carbons (Fsp3) is 0.263. The summed E-state index contributed by atoms with van der Waals surface area (Å²) in [6.45, 7) is 1.24. The predicted molar refractivity (Wildman–Crippen MR) is 86.3 cm³/mol. The van der Waals surface area contributed by atoms with E-state index in [1.807, 2.05) is 6.07 Å². The van der Waals surface area contributed by atoms with Gasteiger partial charge in [-0.2, -0.15) is 0 Å². The molecule has 1 aliphatic carbocycles. The Morgan fingerprint density at radius 2 is 1.57 bits per heavy atom. The third-order valence-electron chi connectivity index (χ3n) is 4.07. The summed E-state index contributed by atoms with van der Waals surface area (Å²) in [5.74, 6) is 0. The molecular formula is C19H20O2. The van der Waals surface area contributed by atoms with Crippen molar-refractivity contribution in [1.29, 1.82) is 0 Å². The van der Waals surface area contributed by atoms with E-state index in [4.69, 9.17) is 9.47 Å². The van der Waals surface area contributed by atoms with Crippen LogP contribution in [-0.4, -0.2) is 27.4 Å². The zero-order valence-corrected chi connectivity index (χ0v) is 12.5. The van der Waals surface area contributed by atoms with Gasteiger partial charge in [-0.1, -0.05) is 60.7 Å². The average Bonchev–Trinajstić information content (AvgIpc) is 2.88. The number of benzene rings is 2. The fourth-order valence-corrected chi connectivity index (χ4v) is 3.25. The Balaban J connectivity index is 2.17. The zero-order chi connectivity index (χ0) is 14.7. The molecule has 2 nitrogen and oxygen atoms in total. The smallest absolute Gasteiger partial charge is 0.0616 e. The third kappa shape index (κ3) is 2.41. The SMILES string of the molecule is COCC1(COC)C=Cc2cccc(-c3ccccc3)c21. The summed E-state index contributed by atoms with van der Waals surface area (Å²) in [5, 5.41) is 0. The maximum absolute atomic E-state index is 5.50. The minimum atomic E-state index is -0.203. The molecule has 0 saturated carbocycles. The summed E-state index contributed by atoms with van der Waals surface area (Å²) in [7, 11) is 3.49. The summed E-state index contributed by atoms with van der Waals surface area (Å²) in [6.07, 6.45) is 4.40. The van der Waals surface area contributed by atoms with Crippen molar-refractivity contribution >= 4 is 6.08 Å². The highest BCUT2D eigenvalue weighted by molar-refractivity contribution is 5.79. The van der Waals surface area contributed by atoms with E-state index < -0.39 is 0 Å². The van der Waals surface area contributed by atoms with Gasteiger partial charge in [0.2, 0.25) is 0 Å². The standard InChI is InChI=1S/C19H20O2/c1-20-13-19(14-21-2)12-11-16-9-6-10-17(18(16)19)15-7-4-3-5-8-15/h3-12H,13-14H2,1-2H3. The second-order valence-corrected chi connectivity index (χ2v) is 5.49. The van der Waals surface area contributed by atoms with Crippen LogP contribution in [0.5, 0.6) is 0 Å². The van der Waals surface area contributed by atoms with Crippen LogP contribution in [0, 0.1) is 0 Å². The molecule has 0 unspecified atom stereocenters. The zero-order valence-electron chi connectivity index (χ0n) is 12.5. The van der Waals surface area contributed by atoms with Crippen LogP contribution >= 0.6 is 0 Å². The predicted octanol–water partition coefficient (Wildman–Crippen LogP) is 3.91. The average molecular weight is 280 g/mol. The molecule has 3 rings (SSSR count). The number of hydrogen-bond donors (Lipinski definition) is 0. The molecule has 0 amide bonds. The molecule has 0 fully saturated rings. The van der Waals surface area contributed by atoms with Crippen LogP contribution in [0.15, 0.2) is 54.6 Å². The van der Waals surface area contributed by atoms with Crippen LogP contribution in [-0.2, 0) is 14.9 Å². The molecule has 2 heteroatoms. The van der Waals surface area contributed by atoms with Gasteiger partial charge in [0, 0.05) is 14.2 Å². The molecule has 0 aromatic heterocycles. The van der Waals surface area contributed by atoms with Crippen molar-refractivity contribution in [2.75, 3.05) is 27.4 Å². The van der Waals surface area contributed by atoms with Gasteiger partial charge >= 0.3 is 0 Å². The Bertz CT molecular complexity index is 638. The quantitative estimate of drug-likeness (QED) is 0.826. The lowest BCUT2D eigenvalue weighted by molar-refractivity contribution is 0.0847. The Morgan fingerprint density at radius 1 is 0.857 bits per heavy atom. The number of methoxy groups -OCH3 is 2. The summed E-state index contributed by atoms with van der Waals surface area (Å²) in [5.41, 5.74) is 4.85. The van der Waals surface area contributed by atoms with Crippen molar-refractivity contribution in [3.8, 4) is 11.1 Å². The van der Waals surface area contributed by atoms with Crippen molar-refractivity contribution in [2.45, 2.75) is 5.41 Å². The first-order valence-electron chi connectivity index (χ1n) is 7.17. The Kier molecular flexibility index (Phi) is 3.91. The maximum Gasteiger partial charge on any atom is 0.0616 e. The van der Waals surface area contributed by atoms with E-state index in [2.05, 4.69) is 54.6 Å². The highest BCUT2D eigenvalue weighted by Gasteiger charge is 2.37. The van der Waals surface area contributed by atoms with E-state index in [9.17, 15) is 0 Å². The maximum atomic E-state index is 5.50. The van der Waals surface area contributed by atoms with Gasteiger partial charge in [-0.05, 0) is 22.3 Å². The number of rotatable bonds is 5. The van der Waals surface area contributed by atoms with E-state index in [0.29, 0.717) is 13.2 Å². The summed E-state index contributed by atoms with van der Waals surface area (Å²) in [4.78, 5) is 0. The van der Waals surface area contributed by atoms with Crippen LogP contribution in [0.1, 0.15) is 11.1 Å². The molecule has 0 heterocycles. The topological polar surface area (TPSA) is 18.5 Å². The molecule has 0 aliphatic heterocycles.